The van der Waals surface area contributed by atoms with E-state index in [1.54, 1.807) is 0 Å². The molecule has 0 aliphatic carbocycles. The highest BCUT2D eigenvalue weighted by Gasteiger charge is 1.88. The van der Waals surface area contributed by atoms with E-state index in [0.717, 1.165) is 12.1 Å². The van der Waals surface area contributed by atoms with Crippen molar-refractivity contribution in [2.24, 2.45) is 0 Å². The third kappa shape index (κ3) is 2.82. The summed E-state index contributed by atoms with van der Waals surface area (Å²) in [6.45, 7) is 6.01. The Hall–Kier alpha value is -0.570. The Kier molecular flexibility index (Phi) is 4.94. The number of hydrogen-bond acceptors (Lipinski definition) is 2. The van der Waals surface area contributed by atoms with Gasteiger partial charge in [0, 0.05) is 11.1 Å². The molecule has 0 saturated heterocycles. The molecule has 3 heteroatoms. The Morgan fingerprint density at radius 2 is 2.20 bits per heavy atom. The van der Waals surface area contributed by atoms with E-state index in [2.05, 4.69) is 4.98 Å². The van der Waals surface area contributed by atoms with Crippen molar-refractivity contribution in [1.82, 2.24) is 4.98 Å². The molecule has 0 amide bonds. The van der Waals surface area contributed by atoms with Crippen LogP contribution in [0.15, 0.2) is 10.2 Å². The minimum Gasteiger partial charge on any atom is -0.317 e. The number of rotatable bonds is 1. The van der Waals surface area contributed by atoms with Gasteiger partial charge in [0.25, 0.3) is 0 Å². The molecule has 1 heterocycles. The first-order valence-electron chi connectivity index (χ1n) is 3.49. The number of nitrogens with one attached hydrogen (secondary N) is 1. The van der Waals surface area contributed by atoms with Gasteiger partial charge in [0.15, 0.2) is 0 Å². The van der Waals surface area contributed by atoms with E-state index in [-0.39, 0.29) is 4.87 Å². The first kappa shape index (κ1) is 9.43. The maximum atomic E-state index is 10.4. The second-order valence-electron chi connectivity index (χ2n) is 1.53. The van der Waals surface area contributed by atoms with E-state index < -0.39 is 0 Å². The van der Waals surface area contributed by atoms with Crippen molar-refractivity contribution in [2.75, 3.05) is 0 Å². The summed E-state index contributed by atoms with van der Waals surface area (Å²) >= 11 is 1.22. The van der Waals surface area contributed by atoms with E-state index in [4.69, 9.17) is 0 Å². The third-order valence-electron chi connectivity index (χ3n) is 0.952. The van der Waals surface area contributed by atoms with Crippen LogP contribution in [-0.2, 0) is 6.42 Å². The number of aromatic nitrogens is 1. The molecule has 0 unspecified atom stereocenters. The molecule has 0 aliphatic heterocycles. The van der Waals surface area contributed by atoms with E-state index in [0.29, 0.717) is 0 Å². The molecule has 1 rings (SSSR count). The molecule has 1 aromatic rings. The van der Waals surface area contributed by atoms with E-state index >= 15 is 0 Å². The van der Waals surface area contributed by atoms with Crippen LogP contribution in [-0.4, -0.2) is 4.98 Å². The first-order chi connectivity index (χ1) is 4.83. The molecular weight excluding hydrogens is 146 g/mol. The van der Waals surface area contributed by atoms with Crippen molar-refractivity contribution in [2.45, 2.75) is 27.2 Å². The van der Waals surface area contributed by atoms with Gasteiger partial charge in [-0.05, 0) is 6.42 Å². The normalized spacial score (nSPS) is 8.30. The van der Waals surface area contributed by atoms with Gasteiger partial charge in [0.1, 0.15) is 0 Å². The van der Waals surface area contributed by atoms with E-state index in [9.17, 15) is 4.79 Å². The van der Waals surface area contributed by atoms with Crippen LogP contribution in [0.4, 0.5) is 0 Å². The van der Waals surface area contributed by atoms with Crippen LogP contribution in [0, 0.1) is 0 Å². The number of hydrogen-bond donors (Lipinski definition) is 1. The molecule has 58 valence electrons. The summed E-state index contributed by atoms with van der Waals surface area (Å²) in [7, 11) is 0. The van der Waals surface area contributed by atoms with Crippen molar-refractivity contribution < 1.29 is 0 Å². The highest BCUT2D eigenvalue weighted by molar-refractivity contribution is 7.07. The Balaban J connectivity index is 0.000000371. The van der Waals surface area contributed by atoms with Gasteiger partial charge < -0.3 is 4.98 Å². The van der Waals surface area contributed by atoms with Crippen LogP contribution >= 0.6 is 11.3 Å². The molecule has 0 bridgehead atoms. The van der Waals surface area contributed by atoms with Crippen LogP contribution in [0.2, 0.25) is 0 Å². The maximum absolute atomic E-state index is 10.4. The van der Waals surface area contributed by atoms with E-state index in [1.807, 2.05) is 26.2 Å². The summed E-state index contributed by atoms with van der Waals surface area (Å²) in [5.74, 6) is 0. The van der Waals surface area contributed by atoms with Gasteiger partial charge in [-0.1, -0.05) is 32.1 Å². The summed E-state index contributed by atoms with van der Waals surface area (Å²) < 4.78 is 0. The fourth-order valence-corrected chi connectivity index (χ4v) is 1.15. The van der Waals surface area contributed by atoms with Crippen LogP contribution in [0.3, 0.4) is 0 Å². The molecule has 10 heavy (non-hydrogen) atoms. The molecule has 0 fully saturated rings. The standard InChI is InChI=1S/C5H7NOS.C2H6/c1-2-4-3-8-5(7)6-4;1-2/h3H,2H2,1H3,(H,6,7);1-2H3. The summed E-state index contributed by atoms with van der Waals surface area (Å²) in [6.07, 6.45) is 0.915. The van der Waals surface area contributed by atoms with Crippen molar-refractivity contribution in [3.05, 3.63) is 20.7 Å². The second kappa shape index (κ2) is 5.23. The largest absolute Gasteiger partial charge is 0.317 e. The lowest BCUT2D eigenvalue weighted by Crippen LogP contribution is -1.93. The van der Waals surface area contributed by atoms with Crippen LogP contribution in [0.1, 0.15) is 26.5 Å². The van der Waals surface area contributed by atoms with E-state index in [1.165, 1.54) is 11.3 Å². The lowest BCUT2D eigenvalue weighted by Gasteiger charge is -1.79. The highest BCUT2D eigenvalue weighted by atomic mass is 32.1. The Bertz CT molecular complexity index is 213. The Morgan fingerprint density at radius 3 is 2.40 bits per heavy atom. The molecule has 0 atom stereocenters. The summed E-state index contributed by atoms with van der Waals surface area (Å²) in [4.78, 5) is 13.1. The molecule has 1 N–H and O–H groups in total. The second-order valence-corrected chi connectivity index (χ2v) is 2.37. The van der Waals surface area contributed by atoms with Gasteiger partial charge in [-0.3, -0.25) is 4.79 Å². The summed E-state index contributed by atoms with van der Waals surface area (Å²) in [5.41, 5.74) is 1.03. The maximum Gasteiger partial charge on any atom is 0.304 e. The zero-order chi connectivity index (χ0) is 7.98. The SMILES string of the molecule is CC.CCc1csc(=O)[nH]1. The predicted octanol–water partition coefficient (Wildman–Crippen LogP) is 2.03. The van der Waals surface area contributed by atoms with Gasteiger partial charge >= 0.3 is 4.87 Å². The lowest BCUT2D eigenvalue weighted by atomic mass is 10.4. The molecule has 0 spiro atoms. The van der Waals surface area contributed by atoms with Gasteiger partial charge in [-0.25, -0.2) is 0 Å². The highest BCUT2D eigenvalue weighted by Crippen LogP contribution is 1.93. The lowest BCUT2D eigenvalue weighted by molar-refractivity contribution is 1.05. The zero-order valence-corrected chi connectivity index (χ0v) is 7.42. The quantitative estimate of drug-likeness (QED) is 0.668. The van der Waals surface area contributed by atoms with Crippen molar-refractivity contribution >= 4 is 11.3 Å². The zero-order valence-electron chi connectivity index (χ0n) is 6.60. The fraction of sp³-hybridized carbons (Fsp3) is 0.571. The molecule has 1 aromatic heterocycles. The average molecular weight is 159 g/mol. The number of thiazole rings is 1. The minimum absolute atomic E-state index is 0.0434. The number of H-pyrrole nitrogens is 1. The Morgan fingerprint density at radius 1 is 1.60 bits per heavy atom. The minimum atomic E-state index is 0.0434. The summed E-state index contributed by atoms with van der Waals surface area (Å²) in [6, 6.07) is 0. The molecule has 0 saturated carbocycles. The van der Waals surface area contributed by atoms with Gasteiger partial charge in [-0.15, -0.1) is 0 Å². The van der Waals surface area contributed by atoms with Crippen LogP contribution < -0.4 is 4.87 Å². The van der Waals surface area contributed by atoms with Gasteiger partial charge in [0.05, 0.1) is 0 Å². The van der Waals surface area contributed by atoms with Crippen LogP contribution in [0.5, 0.6) is 0 Å². The van der Waals surface area contributed by atoms with Crippen LogP contribution in [0.25, 0.3) is 0 Å². The third-order valence-corrected chi connectivity index (χ3v) is 1.67. The molecule has 2 nitrogen and oxygen atoms in total. The first-order valence-corrected chi connectivity index (χ1v) is 4.37. The smallest absolute Gasteiger partial charge is 0.304 e. The molecule has 0 aliphatic rings. The Labute approximate surface area is 64.9 Å². The monoisotopic (exact) mass is 159 g/mol. The molecular formula is C7H13NOS. The van der Waals surface area contributed by atoms with Crippen molar-refractivity contribution in [3.8, 4) is 0 Å². The van der Waals surface area contributed by atoms with Crippen molar-refractivity contribution in [1.29, 1.82) is 0 Å². The van der Waals surface area contributed by atoms with Gasteiger partial charge in [-0.2, -0.15) is 0 Å². The average Bonchev–Trinajstić information content (AvgIpc) is 2.40. The predicted molar refractivity (Wildman–Crippen MR) is 45.7 cm³/mol. The molecule has 0 radical (unpaired) electrons. The topological polar surface area (TPSA) is 32.9 Å². The van der Waals surface area contributed by atoms with Crippen molar-refractivity contribution in [3.63, 3.8) is 0 Å². The fourth-order valence-electron chi connectivity index (χ4n) is 0.486. The number of aryl methyl sites for hydroxylation is 1. The number of aromatic amines is 1. The summed E-state index contributed by atoms with van der Waals surface area (Å²) in [5, 5.41) is 1.85. The molecule has 0 aromatic carbocycles. The van der Waals surface area contributed by atoms with Gasteiger partial charge in [0.2, 0.25) is 0 Å².